The largest absolute Gasteiger partial charge is 0.359 e. The van der Waals surface area contributed by atoms with Crippen molar-refractivity contribution in [3.63, 3.8) is 0 Å². The van der Waals surface area contributed by atoms with Crippen molar-refractivity contribution in [2.45, 2.75) is 25.3 Å². The first-order chi connectivity index (χ1) is 7.15. The topological polar surface area (TPSA) is 61.4 Å². The summed E-state index contributed by atoms with van der Waals surface area (Å²) in [6, 6.07) is -0.0420. The van der Waals surface area contributed by atoms with E-state index < -0.39 is 0 Å². The molecule has 15 heavy (non-hydrogen) atoms. The fourth-order valence-corrected chi connectivity index (χ4v) is 1.67. The van der Waals surface area contributed by atoms with Gasteiger partial charge in [0.25, 0.3) is 0 Å². The Bertz CT molecular complexity index is 237. The summed E-state index contributed by atoms with van der Waals surface area (Å²) in [5, 5.41) is 5.68. The number of hydrogen-bond donors (Lipinski definition) is 2. The van der Waals surface area contributed by atoms with Crippen LogP contribution in [-0.4, -0.2) is 49.9 Å². The van der Waals surface area contributed by atoms with Gasteiger partial charge in [0.05, 0.1) is 6.04 Å². The average Bonchev–Trinajstić information content (AvgIpc) is 2.77. The molecule has 1 aliphatic heterocycles. The van der Waals surface area contributed by atoms with Crippen LogP contribution in [-0.2, 0) is 9.59 Å². The summed E-state index contributed by atoms with van der Waals surface area (Å²) in [4.78, 5) is 24.4. The van der Waals surface area contributed by atoms with Crippen LogP contribution in [0.4, 0.5) is 0 Å². The first kappa shape index (κ1) is 12.0. The van der Waals surface area contributed by atoms with Crippen molar-refractivity contribution in [1.29, 1.82) is 0 Å². The lowest BCUT2D eigenvalue weighted by Crippen LogP contribution is -2.42. The Morgan fingerprint density at radius 1 is 1.53 bits per heavy atom. The molecule has 2 amide bonds. The Kier molecular flexibility index (Phi) is 4.55. The van der Waals surface area contributed by atoms with Gasteiger partial charge in [-0.15, -0.1) is 0 Å². The molecule has 2 N–H and O–H groups in total. The van der Waals surface area contributed by atoms with Gasteiger partial charge in [-0.3, -0.25) is 9.59 Å². The van der Waals surface area contributed by atoms with Crippen LogP contribution in [0.2, 0.25) is 0 Å². The molecule has 0 aromatic heterocycles. The van der Waals surface area contributed by atoms with Gasteiger partial charge in [0, 0.05) is 27.1 Å². The third kappa shape index (κ3) is 3.51. The number of nitrogens with zero attached hydrogens (tertiary/aromatic N) is 1. The summed E-state index contributed by atoms with van der Waals surface area (Å²) < 4.78 is 0. The zero-order chi connectivity index (χ0) is 11.3. The van der Waals surface area contributed by atoms with Gasteiger partial charge in [-0.2, -0.15) is 0 Å². The Morgan fingerprint density at radius 3 is 2.80 bits per heavy atom. The predicted molar refractivity (Wildman–Crippen MR) is 57.3 cm³/mol. The molecule has 0 unspecified atom stereocenters. The smallest absolute Gasteiger partial charge is 0.239 e. The second-order valence-corrected chi connectivity index (χ2v) is 3.83. The molecule has 5 nitrogen and oxygen atoms in total. The molecule has 86 valence electrons. The van der Waals surface area contributed by atoms with E-state index >= 15 is 0 Å². The van der Waals surface area contributed by atoms with Crippen molar-refractivity contribution in [3.8, 4) is 0 Å². The molecule has 1 atom stereocenters. The zero-order valence-corrected chi connectivity index (χ0v) is 9.38. The number of amides is 2. The molecule has 1 saturated heterocycles. The number of likely N-dealkylation sites (N-methyl/N-ethyl adjacent to an activating group) is 1. The third-order valence-corrected chi connectivity index (χ3v) is 2.69. The van der Waals surface area contributed by atoms with Crippen LogP contribution in [0.5, 0.6) is 0 Å². The summed E-state index contributed by atoms with van der Waals surface area (Å²) >= 11 is 0. The van der Waals surface area contributed by atoms with Crippen LogP contribution < -0.4 is 10.6 Å². The molecule has 5 heteroatoms. The Balaban J connectivity index is 2.29. The van der Waals surface area contributed by atoms with Gasteiger partial charge >= 0.3 is 0 Å². The fraction of sp³-hybridized carbons (Fsp3) is 0.800. The summed E-state index contributed by atoms with van der Waals surface area (Å²) in [5.41, 5.74) is 0. The minimum atomic E-state index is -0.0420. The van der Waals surface area contributed by atoms with Crippen molar-refractivity contribution in [1.82, 2.24) is 15.5 Å². The van der Waals surface area contributed by atoms with E-state index in [0.717, 1.165) is 19.4 Å². The second kappa shape index (κ2) is 5.70. The molecule has 1 heterocycles. The minimum absolute atomic E-state index is 0.0333. The van der Waals surface area contributed by atoms with Crippen molar-refractivity contribution in [2.24, 2.45) is 0 Å². The lowest BCUT2D eigenvalue weighted by molar-refractivity contribution is -0.132. The molecule has 0 aromatic carbocycles. The SMILES string of the molecule is CNC(=O)CCN(C)C(=O)[C@@H]1CCCN1. The van der Waals surface area contributed by atoms with E-state index in [2.05, 4.69) is 10.6 Å². The average molecular weight is 213 g/mol. The van der Waals surface area contributed by atoms with Crippen LogP contribution in [0, 0.1) is 0 Å². The molecule has 1 aliphatic rings. The molecule has 0 radical (unpaired) electrons. The monoisotopic (exact) mass is 213 g/mol. The van der Waals surface area contributed by atoms with Crippen molar-refractivity contribution < 1.29 is 9.59 Å². The summed E-state index contributed by atoms with van der Waals surface area (Å²) in [5.74, 6) is 0.0606. The Labute approximate surface area is 90.2 Å². The van der Waals surface area contributed by atoms with Gasteiger partial charge < -0.3 is 15.5 Å². The Morgan fingerprint density at radius 2 is 2.27 bits per heavy atom. The number of carbonyl (C=O) groups is 2. The normalized spacial score (nSPS) is 20.0. The first-order valence-corrected chi connectivity index (χ1v) is 5.34. The van der Waals surface area contributed by atoms with Gasteiger partial charge in [-0.25, -0.2) is 0 Å². The van der Waals surface area contributed by atoms with E-state index in [1.165, 1.54) is 0 Å². The summed E-state index contributed by atoms with van der Waals surface area (Å²) in [7, 11) is 3.34. The van der Waals surface area contributed by atoms with Crippen molar-refractivity contribution in [2.75, 3.05) is 27.2 Å². The first-order valence-electron chi connectivity index (χ1n) is 5.34. The van der Waals surface area contributed by atoms with Gasteiger partial charge in [0.15, 0.2) is 0 Å². The van der Waals surface area contributed by atoms with E-state index in [9.17, 15) is 9.59 Å². The van der Waals surface area contributed by atoms with Gasteiger partial charge in [0.2, 0.25) is 11.8 Å². The fourth-order valence-electron chi connectivity index (χ4n) is 1.67. The van der Waals surface area contributed by atoms with Crippen LogP contribution >= 0.6 is 0 Å². The predicted octanol–water partition coefficient (Wildman–Crippen LogP) is -0.667. The highest BCUT2D eigenvalue weighted by molar-refractivity contribution is 5.83. The standard InChI is InChI=1S/C10H19N3O2/c1-11-9(14)5-7-13(2)10(15)8-4-3-6-12-8/h8,12H,3-7H2,1-2H3,(H,11,14)/t8-/m0/s1. The molecule has 0 aliphatic carbocycles. The maximum atomic E-state index is 11.8. The van der Waals surface area contributed by atoms with Crippen LogP contribution in [0.3, 0.4) is 0 Å². The molecule has 1 fully saturated rings. The zero-order valence-electron chi connectivity index (χ0n) is 9.38. The van der Waals surface area contributed by atoms with Crippen LogP contribution in [0.15, 0.2) is 0 Å². The maximum Gasteiger partial charge on any atom is 0.239 e. The quantitative estimate of drug-likeness (QED) is 0.651. The van der Waals surface area contributed by atoms with Gasteiger partial charge in [-0.05, 0) is 19.4 Å². The molecule has 1 rings (SSSR count). The van der Waals surface area contributed by atoms with Crippen molar-refractivity contribution >= 4 is 11.8 Å². The molecule has 0 aromatic rings. The lowest BCUT2D eigenvalue weighted by atomic mass is 10.2. The van der Waals surface area contributed by atoms with E-state index in [-0.39, 0.29) is 17.9 Å². The van der Waals surface area contributed by atoms with E-state index in [1.54, 1.807) is 19.0 Å². The molecule has 0 bridgehead atoms. The lowest BCUT2D eigenvalue weighted by Gasteiger charge is -2.20. The number of carbonyl (C=O) groups excluding carboxylic acids is 2. The highest BCUT2D eigenvalue weighted by Gasteiger charge is 2.24. The molecule has 0 spiro atoms. The van der Waals surface area contributed by atoms with Crippen LogP contribution in [0.1, 0.15) is 19.3 Å². The number of nitrogens with one attached hydrogen (secondary N) is 2. The third-order valence-electron chi connectivity index (χ3n) is 2.69. The summed E-state index contributed by atoms with van der Waals surface area (Å²) in [6.45, 7) is 1.40. The van der Waals surface area contributed by atoms with E-state index in [4.69, 9.17) is 0 Å². The Hall–Kier alpha value is -1.10. The summed E-state index contributed by atoms with van der Waals surface area (Å²) in [6.07, 6.45) is 2.33. The van der Waals surface area contributed by atoms with Crippen molar-refractivity contribution in [3.05, 3.63) is 0 Å². The second-order valence-electron chi connectivity index (χ2n) is 3.83. The van der Waals surface area contributed by atoms with Crippen LogP contribution in [0.25, 0.3) is 0 Å². The van der Waals surface area contributed by atoms with E-state index in [0.29, 0.717) is 13.0 Å². The van der Waals surface area contributed by atoms with Gasteiger partial charge in [0.1, 0.15) is 0 Å². The molecule has 0 saturated carbocycles. The number of rotatable bonds is 4. The highest BCUT2D eigenvalue weighted by Crippen LogP contribution is 2.07. The highest BCUT2D eigenvalue weighted by atomic mass is 16.2. The van der Waals surface area contributed by atoms with E-state index in [1.807, 2.05) is 0 Å². The number of hydrogen-bond acceptors (Lipinski definition) is 3. The van der Waals surface area contributed by atoms with Gasteiger partial charge in [-0.1, -0.05) is 0 Å². The molecular formula is C10H19N3O2. The minimum Gasteiger partial charge on any atom is -0.359 e. The maximum absolute atomic E-state index is 11.8. The molecular weight excluding hydrogens is 194 g/mol.